The van der Waals surface area contributed by atoms with Crippen LogP contribution in [-0.4, -0.2) is 24.2 Å². The number of hydrogen-bond donors (Lipinski definition) is 2. The summed E-state index contributed by atoms with van der Waals surface area (Å²) >= 11 is 13.0. The number of para-hydroxylation sites is 1. The highest BCUT2D eigenvalue weighted by atomic mass is 35.5. The molecule has 0 radical (unpaired) electrons. The van der Waals surface area contributed by atoms with Crippen LogP contribution in [0, 0.1) is 0 Å². The number of thiophene rings is 1. The maximum atomic E-state index is 12.6. The fraction of sp³-hybridized carbons (Fsp3) is 0.0833. The molecule has 0 spiro atoms. The van der Waals surface area contributed by atoms with E-state index in [0.717, 1.165) is 15.8 Å². The van der Waals surface area contributed by atoms with E-state index in [-0.39, 0.29) is 11.0 Å². The third kappa shape index (κ3) is 5.56. The molecule has 3 aromatic carbocycles. The van der Waals surface area contributed by atoms with Gasteiger partial charge in [-0.25, -0.2) is 0 Å². The molecule has 4 rings (SSSR count). The zero-order valence-electron chi connectivity index (χ0n) is 16.8. The fourth-order valence-corrected chi connectivity index (χ4v) is 4.60. The van der Waals surface area contributed by atoms with E-state index in [1.54, 1.807) is 6.07 Å². The minimum absolute atomic E-state index is 0.174. The zero-order chi connectivity index (χ0) is 22.3. The Morgan fingerprint density at radius 3 is 2.38 bits per heavy atom. The lowest BCUT2D eigenvalue weighted by Gasteiger charge is -2.12. The van der Waals surface area contributed by atoms with Crippen LogP contribution in [0.2, 0.25) is 5.02 Å². The van der Waals surface area contributed by atoms with Gasteiger partial charge in [-0.3, -0.25) is 10.1 Å². The van der Waals surface area contributed by atoms with Gasteiger partial charge in [0.25, 0.3) is 5.91 Å². The summed E-state index contributed by atoms with van der Waals surface area (Å²) in [5.41, 5.74) is 0.694. The molecule has 32 heavy (non-hydrogen) atoms. The molecule has 2 N–H and O–H groups in total. The highest BCUT2D eigenvalue weighted by Crippen LogP contribution is 2.35. The molecule has 0 aliphatic rings. The minimum atomic E-state index is -0.348. The predicted octanol–water partition coefficient (Wildman–Crippen LogP) is 6.14. The Labute approximate surface area is 199 Å². The number of nitrogens with one attached hydrogen (secondary N) is 2. The molecule has 1 amide bonds. The number of carbonyl (C=O) groups is 1. The van der Waals surface area contributed by atoms with Crippen molar-refractivity contribution >= 4 is 61.9 Å². The average Bonchev–Trinajstić information content (AvgIpc) is 3.14. The third-order valence-corrected chi connectivity index (χ3v) is 6.30. The standard InChI is InChI=1S/C24H19ClN2O3S2/c25-21-19-11-4-5-12-20(19)32-22(21)23(28)27-24(31)26-16-7-6-10-18(15-16)30-14-13-29-17-8-2-1-3-9-17/h1-12,15H,13-14H2,(H2,26,27,28,31). The topological polar surface area (TPSA) is 59.6 Å². The van der Waals surface area contributed by atoms with Crippen molar-refractivity contribution in [3.8, 4) is 11.5 Å². The molecule has 0 saturated carbocycles. The van der Waals surface area contributed by atoms with Crippen LogP contribution in [0.3, 0.4) is 0 Å². The second kappa shape index (κ2) is 10.5. The van der Waals surface area contributed by atoms with Crippen LogP contribution in [0.1, 0.15) is 9.67 Å². The number of amides is 1. The van der Waals surface area contributed by atoms with Gasteiger partial charge in [0.2, 0.25) is 0 Å². The van der Waals surface area contributed by atoms with E-state index in [9.17, 15) is 4.79 Å². The first kappa shape index (κ1) is 22.1. The molecule has 1 heterocycles. The summed E-state index contributed by atoms with van der Waals surface area (Å²) in [5.74, 6) is 1.11. The molecule has 4 aromatic rings. The van der Waals surface area contributed by atoms with E-state index in [4.69, 9.17) is 33.3 Å². The van der Waals surface area contributed by atoms with Crippen molar-refractivity contribution in [3.63, 3.8) is 0 Å². The summed E-state index contributed by atoms with van der Waals surface area (Å²) in [6, 6.07) is 24.5. The van der Waals surface area contributed by atoms with E-state index >= 15 is 0 Å². The summed E-state index contributed by atoms with van der Waals surface area (Å²) in [7, 11) is 0. The SMILES string of the molecule is O=C(NC(=S)Nc1cccc(OCCOc2ccccc2)c1)c1sc2ccccc2c1Cl. The van der Waals surface area contributed by atoms with E-state index in [2.05, 4.69) is 10.6 Å². The number of thiocarbonyl (C=S) groups is 1. The lowest BCUT2D eigenvalue weighted by molar-refractivity contribution is 0.0982. The van der Waals surface area contributed by atoms with Gasteiger partial charge in [0, 0.05) is 21.8 Å². The highest BCUT2D eigenvalue weighted by Gasteiger charge is 2.17. The number of fused-ring (bicyclic) bond motifs is 1. The zero-order valence-corrected chi connectivity index (χ0v) is 19.2. The molecule has 0 aliphatic heterocycles. The number of rotatable bonds is 7. The number of hydrogen-bond acceptors (Lipinski definition) is 5. The van der Waals surface area contributed by atoms with Gasteiger partial charge in [-0.2, -0.15) is 0 Å². The van der Waals surface area contributed by atoms with Gasteiger partial charge in [-0.05, 0) is 42.5 Å². The minimum Gasteiger partial charge on any atom is -0.490 e. The molecule has 162 valence electrons. The van der Waals surface area contributed by atoms with Crippen molar-refractivity contribution < 1.29 is 14.3 Å². The number of anilines is 1. The molecule has 0 aliphatic carbocycles. The molecule has 5 nitrogen and oxygen atoms in total. The van der Waals surface area contributed by atoms with Gasteiger partial charge in [0.1, 0.15) is 29.6 Å². The third-order valence-electron chi connectivity index (χ3n) is 4.42. The molecule has 0 saturated heterocycles. The summed E-state index contributed by atoms with van der Waals surface area (Å²) in [6.45, 7) is 0.816. The lowest BCUT2D eigenvalue weighted by Crippen LogP contribution is -2.33. The smallest absolute Gasteiger partial charge is 0.269 e. The molecule has 0 fully saturated rings. The Bertz CT molecular complexity index is 1240. The van der Waals surface area contributed by atoms with Gasteiger partial charge < -0.3 is 14.8 Å². The molecule has 0 bridgehead atoms. The summed E-state index contributed by atoms with van der Waals surface area (Å²) in [4.78, 5) is 13.1. The number of benzene rings is 3. The van der Waals surface area contributed by atoms with Crippen LogP contribution in [0.25, 0.3) is 10.1 Å². The summed E-state index contributed by atoms with van der Waals surface area (Å²) < 4.78 is 12.3. The van der Waals surface area contributed by atoms with Crippen molar-refractivity contribution in [2.75, 3.05) is 18.5 Å². The van der Waals surface area contributed by atoms with Gasteiger partial charge in [-0.1, -0.05) is 54.1 Å². The Morgan fingerprint density at radius 1 is 0.906 bits per heavy atom. The molecular formula is C24H19ClN2O3S2. The molecule has 1 aromatic heterocycles. The van der Waals surface area contributed by atoms with Crippen LogP contribution in [0.5, 0.6) is 11.5 Å². The van der Waals surface area contributed by atoms with Gasteiger partial charge in [0.15, 0.2) is 5.11 Å². The van der Waals surface area contributed by atoms with Gasteiger partial charge in [0.05, 0.1) is 5.02 Å². The fourth-order valence-electron chi connectivity index (χ4n) is 2.98. The van der Waals surface area contributed by atoms with Crippen LogP contribution in [0.4, 0.5) is 5.69 Å². The van der Waals surface area contributed by atoms with Crippen molar-refractivity contribution in [1.82, 2.24) is 5.32 Å². The Kier molecular flexibility index (Phi) is 7.21. The van der Waals surface area contributed by atoms with E-state index in [1.165, 1.54) is 11.3 Å². The largest absolute Gasteiger partial charge is 0.490 e. The van der Waals surface area contributed by atoms with Gasteiger partial charge >= 0.3 is 0 Å². The maximum absolute atomic E-state index is 12.6. The Morgan fingerprint density at radius 2 is 1.59 bits per heavy atom. The van der Waals surface area contributed by atoms with E-state index in [0.29, 0.717) is 34.6 Å². The second-order valence-corrected chi connectivity index (χ2v) is 8.53. The number of halogens is 1. The van der Waals surface area contributed by atoms with E-state index in [1.807, 2.05) is 72.8 Å². The highest BCUT2D eigenvalue weighted by molar-refractivity contribution is 7.80. The van der Waals surface area contributed by atoms with Gasteiger partial charge in [-0.15, -0.1) is 11.3 Å². The van der Waals surface area contributed by atoms with Crippen LogP contribution < -0.4 is 20.1 Å². The maximum Gasteiger partial charge on any atom is 0.269 e. The Hall–Kier alpha value is -3.13. The lowest BCUT2D eigenvalue weighted by atomic mass is 10.2. The normalized spacial score (nSPS) is 10.5. The van der Waals surface area contributed by atoms with Crippen LogP contribution in [-0.2, 0) is 0 Å². The molecular weight excluding hydrogens is 464 g/mol. The number of carbonyl (C=O) groups excluding carboxylic acids is 1. The van der Waals surface area contributed by atoms with Crippen molar-refractivity contribution in [1.29, 1.82) is 0 Å². The summed E-state index contributed by atoms with van der Waals surface area (Å²) in [5, 5.41) is 7.14. The second-order valence-electron chi connectivity index (χ2n) is 6.69. The first-order chi connectivity index (χ1) is 15.6. The quantitative estimate of drug-likeness (QED) is 0.245. The van der Waals surface area contributed by atoms with E-state index < -0.39 is 0 Å². The first-order valence-electron chi connectivity index (χ1n) is 9.80. The predicted molar refractivity (Wildman–Crippen MR) is 134 cm³/mol. The monoisotopic (exact) mass is 482 g/mol. The molecule has 8 heteroatoms. The Balaban J connectivity index is 1.30. The molecule has 0 atom stereocenters. The van der Waals surface area contributed by atoms with Crippen molar-refractivity contribution in [3.05, 3.63) is 88.8 Å². The average molecular weight is 483 g/mol. The van der Waals surface area contributed by atoms with Crippen LogP contribution >= 0.6 is 35.2 Å². The first-order valence-corrected chi connectivity index (χ1v) is 11.4. The van der Waals surface area contributed by atoms with Crippen molar-refractivity contribution in [2.45, 2.75) is 0 Å². The summed E-state index contributed by atoms with van der Waals surface area (Å²) in [6.07, 6.45) is 0. The van der Waals surface area contributed by atoms with Crippen molar-refractivity contribution in [2.24, 2.45) is 0 Å². The van der Waals surface area contributed by atoms with Crippen LogP contribution in [0.15, 0.2) is 78.9 Å². The number of ether oxygens (including phenoxy) is 2. The molecule has 0 unspecified atom stereocenters.